The van der Waals surface area contributed by atoms with Gasteiger partial charge >= 0.3 is 12.1 Å². The first kappa shape index (κ1) is 16.1. The van der Waals surface area contributed by atoms with Gasteiger partial charge in [-0.25, -0.2) is 0 Å². The van der Waals surface area contributed by atoms with Crippen molar-refractivity contribution in [1.82, 2.24) is 0 Å². The van der Waals surface area contributed by atoms with Crippen LogP contribution >= 0.6 is 0 Å². The standard InChI is InChI=1S/C13H16F3NO3/c1-8(12(18)20-3)11(13(14,15)16)17-9-4-6-10(19-2)7-5-9/h4-8,11,17H,1-3H3/t8-,11-/m1/s1. The molecule has 0 fully saturated rings. The Morgan fingerprint density at radius 2 is 1.75 bits per heavy atom. The molecule has 0 aromatic heterocycles. The van der Waals surface area contributed by atoms with E-state index in [1.807, 2.05) is 0 Å². The maximum atomic E-state index is 13.0. The van der Waals surface area contributed by atoms with Gasteiger partial charge in [0, 0.05) is 5.69 Å². The molecule has 0 aliphatic rings. The number of alkyl halides is 3. The summed E-state index contributed by atoms with van der Waals surface area (Å²) in [7, 11) is 2.51. The fourth-order valence-electron chi connectivity index (χ4n) is 1.68. The number of rotatable bonds is 5. The molecule has 4 nitrogen and oxygen atoms in total. The highest BCUT2D eigenvalue weighted by Crippen LogP contribution is 2.30. The Morgan fingerprint density at radius 1 is 1.20 bits per heavy atom. The van der Waals surface area contributed by atoms with Crippen molar-refractivity contribution in [1.29, 1.82) is 0 Å². The van der Waals surface area contributed by atoms with Crippen LogP contribution in [-0.2, 0) is 9.53 Å². The molecule has 0 bridgehead atoms. The van der Waals surface area contributed by atoms with E-state index in [2.05, 4.69) is 10.1 Å². The normalized spacial score (nSPS) is 14.3. The smallest absolute Gasteiger partial charge is 0.409 e. The number of carbonyl (C=O) groups is 1. The number of carbonyl (C=O) groups excluding carboxylic acids is 1. The maximum absolute atomic E-state index is 13.0. The van der Waals surface area contributed by atoms with E-state index >= 15 is 0 Å². The zero-order valence-electron chi connectivity index (χ0n) is 11.3. The first-order valence-electron chi connectivity index (χ1n) is 5.84. The van der Waals surface area contributed by atoms with Crippen molar-refractivity contribution in [2.45, 2.75) is 19.1 Å². The highest BCUT2D eigenvalue weighted by molar-refractivity contribution is 5.73. The number of hydrogen-bond donors (Lipinski definition) is 1. The van der Waals surface area contributed by atoms with Gasteiger partial charge in [0.25, 0.3) is 0 Å². The number of ether oxygens (including phenoxy) is 2. The Labute approximate surface area is 114 Å². The summed E-state index contributed by atoms with van der Waals surface area (Å²) >= 11 is 0. The molecule has 0 heterocycles. The Kier molecular flexibility index (Phi) is 5.24. The molecule has 0 spiro atoms. The molecule has 20 heavy (non-hydrogen) atoms. The second kappa shape index (κ2) is 6.49. The Morgan fingerprint density at radius 3 is 2.15 bits per heavy atom. The Bertz CT molecular complexity index is 445. The molecular weight excluding hydrogens is 275 g/mol. The van der Waals surface area contributed by atoms with Crippen LogP contribution in [0.1, 0.15) is 6.92 Å². The lowest BCUT2D eigenvalue weighted by Gasteiger charge is -2.26. The Hall–Kier alpha value is -1.92. The van der Waals surface area contributed by atoms with Gasteiger partial charge in [-0.1, -0.05) is 0 Å². The minimum Gasteiger partial charge on any atom is -0.497 e. The van der Waals surface area contributed by atoms with Gasteiger partial charge in [-0.15, -0.1) is 0 Å². The van der Waals surface area contributed by atoms with Gasteiger partial charge in [0.2, 0.25) is 0 Å². The molecular formula is C13H16F3NO3. The lowest BCUT2D eigenvalue weighted by molar-refractivity contribution is -0.169. The number of anilines is 1. The lowest BCUT2D eigenvalue weighted by Crippen LogP contribution is -2.44. The summed E-state index contributed by atoms with van der Waals surface area (Å²) in [4.78, 5) is 11.3. The Balaban J connectivity index is 2.92. The summed E-state index contributed by atoms with van der Waals surface area (Å²) in [5.41, 5.74) is 0.240. The van der Waals surface area contributed by atoms with Crippen LogP contribution in [-0.4, -0.2) is 32.4 Å². The summed E-state index contributed by atoms with van der Waals surface area (Å²) in [6.45, 7) is 1.17. The van der Waals surface area contributed by atoms with Crippen LogP contribution in [0.4, 0.5) is 18.9 Å². The number of halogens is 3. The predicted octanol–water partition coefficient (Wildman–Crippen LogP) is 2.85. The first-order chi connectivity index (χ1) is 9.29. The molecule has 0 saturated heterocycles. The van der Waals surface area contributed by atoms with E-state index in [1.54, 1.807) is 0 Å². The van der Waals surface area contributed by atoms with Crippen LogP contribution in [0.15, 0.2) is 24.3 Å². The highest BCUT2D eigenvalue weighted by Gasteiger charge is 2.46. The van der Waals surface area contributed by atoms with Crippen molar-refractivity contribution in [3.05, 3.63) is 24.3 Å². The highest BCUT2D eigenvalue weighted by atomic mass is 19.4. The molecule has 0 aliphatic heterocycles. The number of esters is 1. The van der Waals surface area contributed by atoms with Crippen molar-refractivity contribution < 1.29 is 27.4 Å². The zero-order valence-corrected chi connectivity index (χ0v) is 11.3. The van der Waals surface area contributed by atoms with Crippen LogP contribution in [0.5, 0.6) is 5.75 Å². The van der Waals surface area contributed by atoms with Crippen LogP contribution in [0.3, 0.4) is 0 Å². The van der Waals surface area contributed by atoms with Gasteiger partial charge < -0.3 is 14.8 Å². The van der Waals surface area contributed by atoms with Crippen molar-refractivity contribution >= 4 is 11.7 Å². The van der Waals surface area contributed by atoms with Gasteiger partial charge in [0.15, 0.2) is 0 Å². The molecule has 1 N–H and O–H groups in total. The summed E-state index contributed by atoms with van der Waals surface area (Å²) in [5.74, 6) is -1.75. The third kappa shape index (κ3) is 4.04. The van der Waals surface area contributed by atoms with Gasteiger partial charge in [-0.3, -0.25) is 4.79 Å². The second-order valence-corrected chi connectivity index (χ2v) is 4.20. The number of nitrogens with one attached hydrogen (secondary N) is 1. The monoisotopic (exact) mass is 291 g/mol. The largest absolute Gasteiger partial charge is 0.497 e. The van der Waals surface area contributed by atoms with Crippen molar-refractivity contribution in [2.24, 2.45) is 5.92 Å². The van der Waals surface area contributed by atoms with Crippen LogP contribution < -0.4 is 10.1 Å². The molecule has 0 aliphatic carbocycles. The molecule has 2 atom stereocenters. The van der Waals surface area contributed by atoms with E-state index < -0.39 is 24.1 Å². The van der Waals surface area contributed by atoms with E-state index in [0.29, 0.717) is 5.75 Å². The summed E-state index contributed by atoms with van der Waals surface area (Å²) < 4.78 is 48.3. The summed E-state index contributed by atoms with van der Waals surface area (Å²) in [5, 5.41) is 2.30. The fraction of sp³-hybridized carbons (Fsp3) is 0.462. The average Bonchev–Trinajstić information content (AvgIpc) is 2.42. The summed E-state index contributed by atoms with van der Waals surface area (Å²) in [6.07, 6.45) is -4.58. The maximum Gasteiger partial charge on any atom is 0.409 e. The molecule has 1 aromatic rings. The minimum absolute atomic E-state index is 0.240. The number of hydrogen-bond acceptors (Lipinski definition) is 4. The fourth-order valence-corrected chi connectivity index (χ4v) is 1.68. The van der Waals surface area contributed by atoms with Crippen LogP contribution in [0, 0.1) is 5.92 Å². The zero-order chi connectivity index (χ0) is 15.3. The average molecular weight is 291 g/mol. The number of benzene rings is 1. The van der Waals surface area contributed by atoms with Gasteiger partial charge in [0.1, 0.15) is 11.8 Å². The molecule has 112 valence electrons. The van der Waals surface area contributed by atoms with Crippen LogP contribution in [0.25, 0.3) is 0 Å². The van der Waals surface area contributed by atoms with Crippen molar-refractivity contribution in [3.63, 3.8) is 0 Å². The molecule has 0 saturated carbocycles. The first-order valence-corrected chi connectivity index (χ1v) is 5.84. The van der Waals surface area contributed by atoms with E-state index in [0.717, 1.165) is 7.11 Å². The quantitative estimate of drug-likeness (QED) is 0.847. The molecule has 0 radical (unpaired) electrons. The SMILES string of the molecule is COC(=O)[C@H](C)[C@@H](Nc1ccc(OC)cc1)C(F)(F)F. The van der Waals surface area contributed by atoms with Gasteiger partial charge in [-0.05, 0) is 31.2 Å². The minimum atomic E-state index is -4.58. The van der Waals surface area contributed by atoms with Crippen LogP contribution in [0.2, 0.25) is 0 Å². The van der Waals surface area contributed by atoms with E-state index in [-0.39, 0.29) is 5.69 Å². The second-order valence-electron chi connectivity index (χ2n) is 4.20. The number of methoxy groups -OCH3 is 2. The lowest BCUT2D eigenvalue weighted by atomic mass is 10.0. The van der Waals surface area contributed by atoms with Gasteiger partial charge in [0.05, 0.1) is 20.1 Å². The predicted molar refractivity (Wildman–Crippen MR) is 67.6 cm³/mol. The van der Waals surface area contributed by atoms with Gasteiger partial charge in [-0.2, -0.15) is 13.2 Å². The van der Waals surface area contributed by atoms with Crippen molar-refractivity contribution in [3.8, 4) is 5.75 Å². The van der Waals surface area contributed by atoms with E-state index in [1.165, 1.54) is 38.3 Å². The van der Waals surface area contributed by atoms with E-state index in [4.69, 9.17) is 4.74 Å². The molecule has 0 unspecified atom stereocenters. The van der Waals surface area contributed by atoms with Crippen molar-refractivity contribution in [2.75, 3.05) is 19.5 Å². The molecule has 7 heteroatoms. The third-order valence-corrected chi connectivity index (χ3v) is 2.84. The molecule has 1 rings (SSSR count). The summed E-state index contributed by atoms with van der Waals surface area (Å²) in [6, 6.07) is 3.92. The molecule has 1 aromatic carbocycles. The molecule has 0 amide bonds. The topological polar surface area (TPSA) is 47.6 Å². The third-order valence-electron chi connectivity index (χ3n) is 2.84. The van der Waals surface area contributed by atoms with E-state index in [9.17, 15) is 18.0 Å².